The maximum absolute atomic E-state index is 12.0. The van der Waals surface area contributed by atoms with Crippen LogP contribution < -0.4 is 0 Å². The standard InChI is InChI=1S/C12H16BrNO2/c1-8-6-10(13)4-5-11(8)12(16)14(3)7-9(2)15/h4-6,9,15H,7H2,1-3H3/t9-/m0/s1. The Morgan fingerprint density at radius 2 is 2.19 bits per heavy atom. The zero-order valence-electron chi connectivity index (χ0n) is 9.70. The average molecular weight is 286 g/mol. The van der Waals surface area contributed by atoms with Crippen LogP contribution in [0, 0.1) is 6.92 Å². The van der Waals surface area contributed by atoms with Crippen molar-refractivity contribution in [2.45, 2.75) is 20.0 Å². The molecule has 1 rings (SSSR count). The Hall–Kier alpha value is -0.870. The summed E-state index contributed by atoms with van der Waals surface area (Å²) in [5, 5.41) is 9.23. The van der Waals surface area contributed by atoms with Gasteiger partial charge in [0.15, 0.2) is 0 Å². The highest BCUT2D eigenvalue weighted by Crippen LogP contribution is 2.17. The van der Waals surface area contributed by atoms with Gasteiger partial charge < -0.3 is 10.0 Å². The van der Waals surface area contributed by atoms with Crippen LogP contribution in [-0.2, 0) is 0 Å². The predicted octanol–water partition coefficient (Wildman–Crippen LogP) is 2.21. The maximum atomic E-state index is 12.0. The summed E-state index contributed by atoms with van der Waals surface area (Å²) in [7, 11) is 1.69. The minimum atomic E-state index is -0.510. The molecule has 16 heavy (non-hydrogen) atoms. The number of aliphatic hydroxyl groups is 1. The molecule has 0 fully saturated rings. The molecule has 0 aromatic heterocycles. The third-order valence-electron chi connectivity index (χ3n) is 2.30. The highest BCUT2D eigenvalue weighted by atomic mass is 79.9. The lowest BCUT2D eigenvalue weighted by Gasteiger charge is -2.19. The number of rotatable bonds is 3. The van der Waals surface area contributed by atoms with Crippen molar-refractivity contribution >= 4 is 21.8 Å². The van der Waals surface area contributed by atoms with E-state index in [1.807, 2.05) is 19.1 Å². The van der Waals surface area contributed by atoms with E-state index in [9.17, 15) is 9.90 Å². The van der Waals surface area contributed by atoms with Crippen molar-refractivity contribution in [3.63, 3.8) is 0 Å². The van der Waals surface area contributed by atoms with Gasteiger partial charge in [0.2, 0.25) is 0 Å². The van der Waals surface area contributed by atoms with E-state index >= 15 is 0 Å². The molecule has 1 aromatic carbocycles. The van der Waals surface area contributed by atoms with Gasteiger partial charge in [-0.05, 0) is 37.6 Å². The molecule has 0 saturated carbocycles. The van der Waals surface area contributed by atoms with E-state index in [1.54, 1.807) is 20.0 Å². The predicted molar refractivity (Wildman–Crippen MR) is 67.5 cm³/mol. The van der Waals surface area contributed by atoms with Gasteiger partial charge in [-0.25, -0.2) is 0 Å². The molecule has 0 bridgehead atoms. The fourth-order valence-corrected chi connectivity index (χ4v) is 2.03. The highest BCUT2D eigenvalue weighted by molar-refractivity contribution is 9.10. The quantitative estimate of drug-likeness (QED) is 0.925. The molecule has 0 heterocycles. The summed E-state index contributed by atoms with van der Waals surface area (Å²) in [6.45, 7) is 3.90. The number of amides is 1. The Labute approximate surface area is 104 Å². The largest absolute Gasteiger partial charge is 0.392 e. The van der Waals surface area contributed by atoms with Gasteiger partial charge in [-0.15, -0.1) is 0 Å². The summed E-state index contributed by atoms with van der Waals surface area (Å²) >= 11 is 3.36. The zero-order valence-corrected chi connectivity index (χ0v) is 11.3. The van der Waals surface area contributed by atoms with Crippen LogP contribution in [0.5, 0.6) is 0 Å². The number of carbonyl (C=O) groups is 1. The summed E-state index contributed by atoms with van der Waals surface area (Å²) in [6, 6.07) is 5.54. The van der Waals surface area contributed by atoms with Crippen molar-refractivity contribution in [2.75, 3.05) is 13.6 Å². The number of carbonyl (C=O) groups excluding carboxylic acids is 1. The van der Waals surface area contributed by atoms with E-state index in [0.717, 1.165) is 10.0 Å². The van der Waals surface area contributed by atoms with Gasteiger partial charge in [-0.1, -0.05) is 15.9 Å². The lowest BCUT2D eigenvalue weighted by atomic mass is 10.1. The normalized spacial score (nSPS) is 12.3. The fourth-order valence-electron chi connectivity index (χ4n) is 1.55. The van der Waals surface area contributed by atoms with Gasteiger partial charge in [-0.2, -0.15) is 0 Å². The van der Waals surface area contributed by atoms with E-state index < -0.39 is 6.10 Å². The third-order valence-corrected chi connectivity index (χ3v) is 2.80. The number of hydrogen-bond acceptors (Lipinski definition) is 2. The van der Waals surface area contributed by atoms with E-state index in [2.05, 4.69) is 15.9 Å². The van der Waals surface area contributed by atoms with Gasteiger partial charge in [-0.3, -0.25) is 4.79 Å². The Morgan fingerprint density at radius 1 is 1.56 bits per heavy atom. The number of aliphatic hydroxyl groups excluding tert-OH is 1. The second-order valence-electron chi connectivity index (χ2n) is 3.99. The molecule has 0 aliphatic carbocycles. The van der Waals surface area contributed by atoms with Gasteiger partial charge in [0, 0.05) is 23.6 Å². The number of benzene rings is 1. The molecule has 0 radical (unpaired) electrons. The van der Waals surface area contributed by atoms with Crippen LogP contribution >= 0.6 is 15.9 Å². The van der Waals surface area contributed by atoms with Crippen LogP contribution in [0.4, 0.5) is 0 Å². The molecule has 1 amide bonds. The smallest absolute Gasteiger partial charge is 0.253 e. The van der Waals surface area contributed by atoms with E-state index in [0.29, 0.717) is 12.1 Å². The Morgan fingerprint density at radius 3 is 2.69 bits per heavy atom. The molecular weight excluding hydrogens is 270 g/mol. The molecule has 1 atom stereocenters. The van der Waals surface area contributed by atoms with Gasteiger partial charge in [0.25, 0.3) is 5.91 Å². The van der Waals surface area contributed by atoms with Crippen LogP contribution in [0.15, 0.2) is 22.7 Å². The number of nitrogens with zero attached hydrogens (tertiary/aromatic N) is 1. The molecule has 1 N–H and O–H groups in total. The van der Waals surface area contributed by atoms with Crippen molar-refractivity contribution in [2.24, 2.45) is 0 Å². The maximum Gasteiger partial charge on any atom is 0.253 e. The van der Waals surface area contributed by atoms with Crippen LogP contribution in [-0.4, -0.2) is 35.6 Å². The average Bonchev–Trinajstić information content (AvgIpc) is 2.15. The Kier molecular flexibility index (Phi) is 4.50. The first-order valence-corrected chi connectivity index (χ1v) is 5.90. The molecule has 0 spiro atoms. The van der Waals surface area contributed by atoms with Gasteiger partial charge in [0.1, 0.15) is 0 Å². The summed E-state index contributed by atoms with van der Waals surface area (Å²) < 4.78 is 0.958. The minimum Gasteiger partial charge on any atom is -0.392 e. The van der Waals surface area contributed by atoms with Crippen molar-refractivity contribution in [1.82, 2.24) is 4.90 Å². The molecule has 0 aliphatic heterocycles. The molecule has 0 saturated heterocycles. The molecular formula is C12H16BrNO2. The number of likely N-dealkylation sites (N-methyl/N-ethyl adjacent to an activating group) is 1. The first-order valence-electron chi connectivity index (χ1n) is 5.11. The van der Waals surface area contributed by atoms with Crippen molar-refractivity contribution in [3.05, 3.63) is 33.8 Å². The second-order valence-corrected chi connectivity index (χ2v) is 4.91. The Bertz CT molecular complexity index is 391. The summed E-state index contributed by atoms with van der Waals surface area (Å²) in [5.41, 5.74) is 1.60. The lowest BCUT2D eigenvalue weighted by molar-refractivity contribution is 0.0703. The minimum absolute atomic E-state index is 0.0640. The van der Waals surface area contributed by atoms with E-state index in [-0.39, 0.29) is 5.91 Å². The molecule has 88 valence electrons. The van der Waals surface area contributed by atoms with Crippen LogP contribution in [0.1, 0.15) is 22.8 Å². The fraction of sp³-hybridized carbons (Fsp3) is 0.417. The summed E-state index contributed by atoms with van der Waals surface area (Å²) in [6.07, 6.45) is -0.510. The van der Waals surface area contributed by atoms with Gasteiger partial charge in [0.05, 0.1) is 6.10 Å². The Balaban J connectivity index is 2.88. The first-order chi connectivity index (χ1) is 7.41. The zero-order chi connectivity index (χ0) is 12.3. The number of halogens is 1. The molecule has 0 aliphatic rings. The number of aryl methyl sites for hydroxylation is 1. The van der Waals surface area contributed by atoms with E-state index in [4.69, 9.17) is 0 Å². The summed E-state index contributed by atoms with van der Waals surface area (Å²) in [5.74, 6) is -0.0640. The van der Waals surface area contributed by atoms with E-state index in [1.165, 1.54) is 4.90 Å². The van der Waals surface area contributed by atoms with Crippen LogP contribution in [0.3, 0.4) is 0 Å². The van der Waals surface area contributed by atoms with Crippen LogP contribution in [0.2, 0.25) is 0 Å². The molecule has 4 heteroatoms. The lowest BCUT2D eigenvalue weighted by Crippen LogP contribution is -2.33. The summed E-state index contributed by atoms with van der Waals surface area (Å²) in [4.78, 5) is 13.5. The topological polar surface area (TPSA) is 40.5 Å². The molecule has 3 nitrogen and oxygen atoms in total. The molecule has 0 unspecified atom stereocenters. The van der Waals surface area contributed by atoms with Crippen molar-refractivity contribution in [1.29, 1.82) is 0 Å². The monoisotopic (exact) mass is 285 g/mol. The SMILES string of the molecule is Cc1cc(Br)ccc1C(=O)N(C)C[C@H](C)O. The first kappa shape index (κ1) is 13.2. The third kappa shape index (κ3) is 3.32. The highest BCUT2D eigenvalue weighted by Gasteiger charge is 2.15. The van der Waals surface area contributed by atoms with Crippen LogP contribution in [0.25, 0.3) is 0 Å². The molecule has 1 aromatic rings. The van der Waals surface area contributed by atoms with Crippen molar-refractivity contribution in [3.8, 4) is 0 Å². The number of hydrogen-bond donors (Lipinski definition) is 1. The van der Waals surface area contributed by atoms with Gasteiger partial charge >= 0.3 is 0 Å². The van der Waals surface area contributed by atoms with Crippen molar-refractivity contribution < 1.29 is 9.90 Å². The second kappa shape index (κ2) is 5.46.